The van der Waals surface area contributed by atoms with Crippen molar-refractivity contribution in [3.05, 3.63) is 93.2 Å². The molecule has 808 valence electrons. The van der Waals surface area contributed by atoms with Gasteiger partial charge in [-0.05, 0) is 385 Å². The summed E-state index contributed by atoms with van der Waals surface area (Å²) in [6, 6.07) is 0. The first-order valence-electron chi connectivity index (χ1n) is 57.0. The van der Waals surface area contributed by atoms with Gasteiger partial charge in [-0.25, -0.2) is 19.2 Å². The van der Waals surface area contributed by atoms with Crippen LogP contribution in [0, 0.1) is 162 Å². The minimum atomic E-state index is -0.741. The van der Waals surface area contributed by atoms with Crippen LogP contribution in [0.3, 0.4) is 0 Å². The predicted octanol–water partition coefficient (Wildman–Crippen LogP) is 18.5. The molecule has 26 heteroatoms. The molecule has 12 saturated carbocycles. The number of hydrogen-bond acceptors (Lipinski definition) is 26. The minimum Gasteiger partial charge on any atom is -0.461 e. The zero-order valence-electron chi connectivity index (χ0n) is 91.6. The molecule has 8 aliphatic heterocycles. The first-order valence-corrected chi connectivity index (χ1v) is 57.0. The molecular weight excluding hydrogens is 1880 g/mol. The highest BCUT2D eigenvalue weighted by Crippen LogP contribution is 2.80. The molecule has 0 aromatic carbocycles. The smallest absolute Gasteiger partial charge is 0.337 e. The maximum absolute atomic E-state index is 13.6. The summed E-state index contributed by atoms with van der Waals surface area (Å²) in [5.74, 6) is 5.34. The van der Waals surface area contributed by atoms with E-state index in [9.17, 15) is 67.7 Å². The average Bonchev–Trinajstić information content (AvgIpc) is 1.51. The van der Waals surface area contributed by atoms with E-state index in [2.05, 4.69) is 96.9 Å². The van der Waals surface area contributed by atoms with E-state index < -0.39 is 80.4 Å². The number of allylic oxidation sites excluding steroid dienone is 4. The number of fused-ring (bicyclic) bond motifs is 16. The van der Waals surface area contributed by atoms with Crippen LogP contribution in [0.5, 0.6) is 0 Å². The number of ether oxygens (including phenoxy) is 12. The van der Waals surface area contributed by atoms with E-state index >= 15 is 0 Å². The Morgan fingerprint density at radius 3 is 0.811 bits per heavy atom. The maximum atomic E-state index is 13.6. The van der Waals surface area contributed by atoms with Gasteiger partial charge in [0.05, 0.1) is 57.2 Å². The minimum absolute atomic E-state index is 0.0129. The van der Waals surface area contributed by atoms with Gasteiger partial charge in [-0.2, -0.15) is 0 Å². The molecule has 0 amide bonds. The van der Waals surface area contributed by atoms with E-state index in [0.717, 1.165) is 170 Å². The first-order chi connectivity index (χ1) is 69.9. The highest BCUT2D eigenvalue weighted by molar-refractivity contribution is 6.01. The lowest BCUT2D eigenvalue weighted by molar-refractivity contribution is -0.166. The Bertz CT molecular complexity index is 5800. The molecule has 8 heterocycles. The van der Waals surface area contributed by atoms with Gasteiger partial charge in [0.2, 0.25) is 0 Å². The highest BCUT2D eigenvalue weighted by atomic mass is 16.7. The first kappa shape index (κ1) is 106. The van der Waals surface area contributed by atoms with Gasteiger partial charge < -0.3 is 67.1 Å². The SMILES string of the molecule is CC(=O)OCC1=C(C)CC([C@@H](C)C2CCC3C4C[C@H]5O[C@]56[C@H](O)C=CC(=O)[C@]6(C)C4CC[C@@]32C)OC1=O.CC(=O)OCC1=C(C)CC([C@@H](C)C2CCC3C4C[C@H]5O[C@]56[C@H](OC(C)=O)C=CC(=O)[C@]6(C)C4CC[C@@]32C)OC1=O.CCC1=C(C)CC([C@@H](C)C2CCC3C4C[C@H]5O[C@]56[C@H](O)C=CC(=O)[C@]6(C)C4CC[C@@]32C)OC1=O.CCC1=C(C)CC([C@@H](C)C2CCC3C4C[C@H]5O[C@]56[C@H](OC(C)=O)C=CC(=O)[C@]6(C)C4CC[C@@]32C)OC1=O. The molecule has 16 aliphatic carbocycles. The van der Waals surface area contributed by atoms with Crippen LogP contribution in [0.15, 0.2) is 93.2 Å². The second-order valence-electron chi connectivity index (χ2n) is 52.9. The third-order valence-corrected chi connectivity index (χ3v) is 47.8. The number of esters is 8. The summed E-state index contributed by atoms with van der Waals surface area (Å²) >= 11 is 0. The van der Waals surface area contributed by atoms with Crippen LogP contribution in [0.1, 0.15) is 319 Å². The van der Waals surface area contributed by atoms with Crippen LogP contribution < -0.4 is 0 Å². The molecule has 4 spiro atoms. The molecule has 148 heavy (non-hydrogen) atoms. The number of rotatable bonds is 16. The van der Waals surface area contributed by atoms with Gasteiger partial charge in [0.15, 0.2) is 35.3 Å². The Balaban J connectivity index is 0.000000116. The summed E-state index contributed by atoms with van der Waals surface area (Å²) in [7, 11) is 0. The quantitative estimate of drug-likeness (QED) is 0.0823. The summed E-state index contributed by atoms with van der Waals surface area (Å²) in [6.07, 6.45) is 35.4. The second kappa shape index (κ2) is 36.9. The number of hydrogen-bond donors (Lipinski definition) is 2. The van der Waals surface area contributed by atoms with Crippen LogP contribution in [0.4, 0.5) is 0 Å². The number of epoxide rings is 4. The number of carbonyl (C=O) groups is 12. The largest absolute Gasteiger partial charge is 0.461 e. The fourth-order valence-corrected chi connectivity index (χ4v) is 40.1. The van der Waals surface area contributed by atoms with E-state index in [1.165, 1.54) is 45.3 Å². The van der Waals surface area contributed by atoms with E-state index in [0.29, 0.717) is 107 Å². The Morgan fingerprint density at radius 1 is 0.331 bits per heavy atom. The standard InChI is InChI=1S/C32H42O8.C31H42O6.C30H40O7.C29H40O5/c1-16-13-25(39-29(36)21(16)15-37-18(3)33)17(2)22-7-8-23-20-14-28-32(40-28)27(38-19(4)34)10-9-26(35)31(32,6)24(20)11-12-30(22,23)5;1-7-19-16(2)14-24(36-28(19)34)17(3)21-8-9-22-20-15-27-31(37-27)26(35-18(4)32)11-10-25(33)30(31,6)23(20)12-13-29(21,22)5;1-15-12-23(36-27(34)19(15)14-35-17(3)31)16(2)20-6-7-21-18-13-26-30(37-26)25(33)9-8-24(32)29(30,5)22(18)10-11-28(20,21)4;1-6-17-15(2)13-22(33-26(17)32)16(3)19-7-8-20-18-14-25-29(34-25)24(31)10-9-23(30)28(29,5)21(18)11-12-27(19,20)4/h9-10,17,20,22-25,27-28H,7-8,11-15H2,1-6H3;10-11,17,20-24,26-27H,7-9,12-15H2,1-6H3;8-9,16,18,20-23,25-26,33H,6-7,10-14H2,1-5H3;9-10,16,18-22,24-25,31H,6-8,11-14H2,1-5H3/t17-,20?,22?,23?,24?,25?,27+,28+,30+,31-,32+;17-,20?,21?,22?,23?,24?,26+,27+,29+,30-,31+;16-,18?,20?,21?,22?,23?,25+,26+,28+,29-,30+;16-,18?,19?,20?,21?,22?,24+,25+,27+,28-,29+/m0000/s1. The molecule has 44 atom stereocenters. The van der Waals surface area contributed by atoms with Gasteiger partial charge in [0.25, 0.3) is 0 Å². The molecule has 2 N–H and O–H groups in total. The molecule has 0 aromatic heterocycles. The summed E-state index contributed by atoms with van der Waals surface area (Å²) in [4.78, 5) is 151. The van der Waals surface area contributed by atoms with Crippen molar-refractivity contribution in [2.45, 2.75) is 415 Å². The number of ketones is 4. The lowest BCUT2D eigenvalue weighted by Gasteiger charge is -2.58. The Kier molecular flexibility index (Phi) is 26.4. The van der Waals surface area contributed by atoms with Gasteiger partial charge in [-0.15, -0.1) is 0 Å². The molecule has 26 nitrogen and oxygen atoms in total. The van der Waals surface area contributed by atoms with Gasteiger partial charge in [0, 0.05) is 64.5 Å². The van der Waals surface area contributed by atoms with E-state index in [1.807, 2.05) is 27.7 Å². The normalized spacial score (nSPS) is 48.9. The van der Waals surface area contributed by atoms with Crippen molar-refractivity contribution < 1.29 is 125 Å². The van der Waals surface area contributed by atoms with Crippen molar-refractivity contribution in [1.82, 2.24) is 0 Å². The topological polar surface area (TPSA) is 369 Å². The van der Waals surface area contributed by atoms with Crippen molar-refractivity contribution in [1.29, 1.82) is 0 Å². The van der Waals surface area contributed by atoms with Crippen molar-refractivity contribution in [3.8, 4) is 0 Å². The number of cyclic esters (lactones) is 4. The Hall–Kier alpha value is -7.88. The zero-order chi connectivity index (χ0) is 106. The monoisotopic (exact) mass is 2050 g/mol. The fraction of sp³-hybridized carbons (Fsp3) is 0.770. The lowest BCUT2D eigenvalue weighted by Crippen LogP contribution is -2.64. The molecule has 0 aromatic rings. The van der Waals surface area contributed by atoms with Crippen LogP contribution in [-0.2, 0) is 114 Å². The van der Waals surface area contributed by atoms with E-state index in [4.69, 9.17) is 56.8 Å². The molecule has 20 unspecified atom stereocenters. The van der Waals surface area contributed by atoms with Gasteiger partial charge >= 0.3 is 47.8 Å². The predicted molar refractivity (Wildman–Crippen MR) is 542 cm³/mol. The number of aliphatic hydroxyl groups excluding tert-OH is 2. The van der Waals surface area contributed by atoms with Crippen molar-refractivity contribution in [2.24, 2.45) is 162 Å². The van der Waals surface area contributed by atoms with Crippen molar-refractivity contribution in [3.63, 3.8) is 0 Å². The van der Waals surface area contributed by atoms with E-state index in [1.54, 1.807) is 48.6 Å². The summed E-state index contributed by atoms with van der Waals surface area (Å²) in [5.41, 5.74) is 1.88. The molecule has 0 bridgehead atoms. The lowest BCUT2D eigenvalue weighted by atomic mass is 9.44. The van der Waals surface area contributed by atoms with Crippen LogP contribution in [-0.4, -0.2) is 190 Å². The van der Waals surface area contributed by atoms with Crippen LogP contribution >= 0.6 is 0 Å². The molecule has 24 rings (SSSR count). The van der Waals surface area contributed by atoms with Gasteiger partial charge in [-0.3, -0.25) is 38.4 Å². The third-order valence-electron chi connectivity index (χ3n) is 47.8. The molecule has 16 fully saturated rings. The van der Waals surface area contributed by atoms with Crippen LogP contribution in [0.25, 0.3) is 0 Å². The molecule has 24 aliphatic rings. The third kappa shape index (κ3) is 15.1. The van der Waals surface area contributed by atoms with Crippen LogP contribution in [0.2, 0.25) is 0 Å². The number of carbonyl (C=O) groups excluding carboxylic acids is 12. The van der Waals surface area contributed by atoms with Gasteiger partial charge in [0.1, 0.15) is 72.2 Å². The summed E-state index contributed by atoms with van der Waals surface area (Å²) in [5, 5.41) is 21.7. The molecule has 4 saturated heterocycles. The fourth-order valence-electron chi connectivity index (χ4n) is 40.1. The summed E-state index contributed by atoms with van der Waals surface area (Å²) in [6.45, 7) is 44.7. The average molecular weight is 2050 g/mol. The zero-order valence-corrected chi connectivity index (χ0v) is 91.6. The summed E-state index contributed by atoms with van der Waals surface area (Å²) < 4.78 is 70.9. The highest BCUT2D eigenvalue weighted by Gasteiger charge is 2.86. The Labute approximate surface area is 873 Å². The molecular formula is C122H164O26. The van der Waals surface area contributed by atoms with Crippen molar-refractivity contribution in [2.75, 3.05) is 13.2 Å². The van der Waals surface area contributed by atoms with E-state index in [-0.39, 0.29) is 178 Å². The van der Waals surface area contributed by atoms with Crippen molar-refractivity contribution >= 4 is 70.9 Å². The second-order valence-corrected chi connectivity index (χ2v) is 52.9. The molecule has 0 radical (unpaired) electrons. The van der Waals surface area contributed by atoms with Gasteiger partial charge in [-0.1, -0.05) is 91.5 Å². The Morgan fingerprint density at radius 2 is 0.568 bits per heavy atom. The number of aliphatic hydroxyl groups is 2. The maximum Gasteiger partial charge on any atom is 0.337 e.